The van der Waals surface area contributed by atoms with Crippen molar-refractivity contribution < 1.29 is 9.13 Å². The van der Waals surface area contributed by atoms with Crippen LogP contribution in [0.5, 0.6) is 5.75 Å². The van der Waals surface area contributed by atoms with Crippen LogP contribution >= 0.6 is 0 Å². The van der Waals surface area contributed by atoms with Crippen molar-refractivity contribution in [1.29, 1.82) is 0 Å². The SMILES string of the molecule is CN1CCCC(Oc2cc(F)ccc2N)C1. The average Bonchev–Trinajstić information content (AvgIpc) is 2.24. The Hall–Kier alpha value is -1.29. The number of rotatable bonds is 2. The molecule has 1 fully saturated rings. The first-order chi connectivity index (χ1) is 7.65. The highest BCUT2D eigenvalue weighted by Gasteiger charge is 2.19. The fourth-order valence-corrected chi connectivity index (χ4v) is 2.01. The van der Waals surface area contributed by atoms with Gasteiger partial charge in [-0.25, -0.2) is 4.39 Å². The molecule has 1 atom stereocenters. The lowest BCUT2D eigenvalue weighted by Gasteiger charge is -2.30. The van der Waals surface area contributed by atoms with Crippen molar-refractivity contribution in [2.45, 2.75) is 18.9 Å². The van der Waals surface area contributed by atoms with Crippen LogP contribution in [-0.2, 0) is 0 Å². The van der Waals surface area contributed by atoms with Crippen molar-refractivity contribution in [2.24, 2.45) is 0 Å². The van der Waals surface area contributed by atoms with E-state index in [1.54, 1.807) is 0 Å². The molecule has 4 heteroatoms. The van der Waals surface area contributed by atoms with Crippen molar-refractivity contribution >= 4 is 5.69 Å². The molecule has 2 rings (SSSR count). The summed E-state index contributed by atoms with van der Waals surface area (Å²) >= 11 is 0. The maximum atomic E-state index is 13.0. The lowest BCUT2D eigenvalue weighted by molar-refractivity contribution is 0.104. The summed E-state index contributed by atoms with van der Waals surface area (Å²) in [5.74, 6) is 0.147. The zero-order valence-electron chi connectivity index (χ0n) is 9.45. The summed E-state index contributed by atoms with van der Waals surface area (Å²) < 4.78 is 18.8. The molecule has 0 amide bonds. The molecule has 1 aliphatic rings. The molecule has 88 valence electrons. The zero-order chi connectivity index (χ0) is 11.5. The number of nitrogen functional groups attached to an aromatic ring is 1. The van der Waals surface area contributed by atoms with E-state index < -0.39 is 0 Å². The van der Waals surface area contributed by atoms with Crippen LogP contribution in [0.1, 0.15) is 12.8 Å². The van der Waals surface area contributed by atoms with Gasteiger partial charge in [0.15, 0.2) is 0 Å². The van der Waals surface area contributed by atoms with Gasteiger partial charge in [0.2, 0.25) is 0 Å². The van der Waals surface area contributed by atoms with E-state index in [1.165, 1.54) is 18.2 Å². The number of piperidine rings is 1. The van der Waals surface area contributed by atoms with Crippen LogP contribution in [0.25, 0.3) is 0 Å². The van der Waals surface area contributed by atoms with E-state index in [1.807, 2.05) is 0 Å². The minimum Gasteiger partial charge on any atom is -0.487 e. The van der Waals surface area contributed by atoms with E-state index in [4.69, 9.17) is 10.5 Å². The Balaban J connectivity index is 2.05. The van der Waals surface area contributed by atoms with Gasteiger partial charge in [0.05, 0.1) is 5.69 Å². The molecule has 0 aromatic heterocycles. The molecule has 1 aromatic carbocycles. The summed E-state index contributed by atoms with van der Waals surface area (Å²) in [6.07, 6.45) is 2.22. The molecule has 1 saturated heterocycles. The molecular formula is C12H17FN2O. The summed E-state index contributed by atoms with van der Waals surface area (Å²) in [4.78, 5) is 2.21. The van der Waals surface area contributed by atoms with Crippen molar-refractivity contribution in [3.63, 3.8) is 0 Å². The van der Waals surface area contributed by atoms with Crippen molar-refractivity contribution in [2.75, 3.05) is 25.9 Å². The molecule has 1 aliphatic heterocycles. The van der Waals surface area contributed by atoms with Gasteiger partial charge in [-0.05, 0) is 38.6 Å². The second kappa shape index (κ2) is 4.70. The second-order valence-corrected chi connectivity index (χ2v) is 4.33. The monoisotopic (exact) mass is 224 g/mol. The minimum atomic E-state index is -0.312. The largest absolute Gasteiger partial charge is 0.487 e. The smallest absolute Gasteiger partial charge is 0.145 e. The summed E-state index contributed by atoms with van der Waals surface area (Å²) in [6.45, 7) is 1.97. The van der Waals surface area contributed by atoms with Crippen LogP contribution in [0.15, 0.2) is 18.2 Å². The predicted molar refractivity (Wildman–Crippen MR) is 62.0 cm³/mol. The van der Waals surface area contributed by atoms with Crippen LogP contribution in [0.4, 0.5) is 10.1 Å². The van der Waals surface area contributed by atoms with E-state index in [0.29, 0.717) is 11.4 Å². The lowest BCUT2D eigenvalue weighted by Crippen LogP contribution is -2.38. The van der Waals surface area contributed by atoms with Gasteiger partial charge in [0.1, 0.15) is 17.7 Å². The lowest BCUT2D eigenvalue weighted by atomic mass is 10.1. The number of hydrogen-bond acceptors (Lipinski definition) is 3. The highest BCUT2D eigenvalue weighted by atomic mass is 19.1. The van der Waals surface area contributed by atoms with Crippen molar-refractivity contribution in [3.8, 4) is 5.75 Å². The number of anilines is 1. The average molecular weight is 224 g/mol. The molecule has 2 N–H and O–H groups in total. The van der Waals surface area contributed by atoms with Crippen molar-refractivity contribution in [1.82, 2.24) is 4.90 Å². The summed E-state index contributed by atoms with van der Waals surface area (Å²) in [5, 5.41) is 0. The molecule has 0 bridgehead atoms. The molecule has 1 aromatic rings. The Labute approximate surface area is 95.0 Å². The predicted octanol–water partition coefficient (Wildman–Crippen LogP) is 1.88. The Morgan fingerprint density at radius 1 is 1.50 bits per heavy atom. The van der Waals surface area contributed by atoms with Gasteiger partial charge < -0.3 is 15.4 Å². The first-order valence-corrected chi connectivity index (χ1v) is 5.55. The number of likely N-dealkylation sites (N-methyl/N-ethyl adjacent to an activating group) is 1. The molecule has 1 heterocycles. The molecule has 1 unspecified atom stereocenters. The van der Waals surface area contributed by atoms with E-state index >= 15 is 0 Å². The normalized spacial score (nSPS) is 22.0. The second-order valence-electron chi connectivity index (χ2n) is 4.33. The number of benzene rings is 1. The number of nitrogens with two attached hydrogens (primary N) is 1. The van der Waals surface area contributed by atoms with Gasteiger partial charge >= 0.3 is 0 Å². The first-order valence-electron chi connectivity index (χ1n) is 5.55. The topological polar surface area (TPSA) is 38.5 Å². The maximum Gasteiger partial charge on any atom is 0.145 e. The number of halogens is 1. The molecular weight excluding hydrogens is 207 g/mol. The standard InChI is InChI=1S/C12H17FN2O/c1-15-6-2-3-10(8-15)16-12-7-9(13)4-5-11(12)14/h4-5,7,10H,2-3,6,8,14H2,1H3. The molecule has 0 aliphatic carbocycles. The minimum absolute atomic E-state index is 0.114. The van der Waals surface area contributed by atoms with Crippen LogP contribution in [0, 0.1) is 5.82 Å². The Kier molecular flexibility index (Phi) is 3.29. The summed E-state index contributed by atoms with van der Waals surface area (Å²) in [7, 11) is 2.06. The van der Waals surface area contributed by atoms with Gasteiger partial charge in [-0.1, -0.05) is 0 Å². The highest BCUT2D eigenvalue weighted by Crippen LogP contribution is 2.25. The van der Waals surface area contributed by atoms with E-state index in [-0.39, 0.29) is 11.9 Å². The molecule has 3 nitrogen and oxygen atoms in total. The third kappa shape index (κ3) is 2.64. The number of nitrogens with zero attached hydrogens (tertiary/aromatic N) is 1. The number of likely N-dealkylation sites (tertiary alicyclic amines) is 1. The number of ether oxygens (including phenoxy) is 1. The Morgan fingerprint density at radius 2 is 2.31 bits per heavy atom. The van der Waals surface area contributed by atoms with Gasteiger partial charge in [-0.2, -0.15) is 0 Å². The van der Waals surface area contributed by atoms with Crippen LogP contribution in [0.2, 0.25) is 0 Å². The van der Waals surface area contributed by atoms with E-state index in [0.717, 1.165) is 25.9 Å². The summed E-state index contributed by atoms with van der Waals surface area (Å²) in [6, 6.07) is 4.23. The highest BCUT2D eigenvalue weighted by molar-refractivity contribution is 5.52. The first kappa shape index (κ1) is 11.2. The quantitative estimate of drug-likeness (QED) is 0.779. The molecule has 0 radical (unpaired) electrons. The third-order valence-corrected chi connectivity index (χ3v) is 2.85. The Morgan fingerprint density at radius 3 is 3.06 bits per heavy atom. The summed E-state index contributed by atoms with van der Waals surface area (Å²) in [5.41, 5.74) is 6.23. The van der Waals surface area contributed by atoms with Crippen LogP contribution in [-0.4, -0.2) is 31.1 Å². The van der Waals surface area contributed by atoms with E-state index in [9.17, 15) is 4.39 Å². The van der Waals surface area contributed by atoms with E-state index in [2.05, 4.69) is 11.9 Å². The Bertz CT molecular complexity index is 370. The van der Waals surface area contributed by atoms with Gasteiger partial charge in [0.25, 0.3) is 0 Å². The molecule has 16 heavy (non-hydrogen) atoms. The van der Waals surface area contributed by atoms with Gasteiger partial charge in [-0.3, -0.25) is 0 Å². The van der Waals surface area contributed by atoms with Gasteiger partial charge in [0, 0.05) is 12.6 Å². The van der Waals surface area contributed by atoms with Crippen LogP contribution in [0.3, 0.4) is 0 Å². The molecule has 0 spiro atoms. The van der Waals surface area contributed by atoms with Gasteiger partial charge in [-0.15, -0.1) is 0 Å². The van der Waals surface area contributed by atoms with Crippen molar-refractivity contribution in [3.05, 3.63) is 24.0 Å². The third-order valence-electron chi connectivity index (χ3n) is 2.85. The fourth-order valence-electron chi connectivity index (χ4n) is 2.01. The zero-order valence-corrected chi connectivity index (χ0v) is 9.45. The number of hydrogen-bond donors (Lipinski definition) is 1. The maximum absolute atomic E-state index is 13.0. The molecule has 0 saturated carbocycles. The fraction of sp³-hybridized carbons (Fsp3) is 0.500. The van der Waals surface area contributed by atoms with Crippen LogP contribution < -0.4 is 10.5 Å².